The third-order valence-electron chi connectivity index (χ3n) is 1.40. The number of allylic oxidation sites excluding steroid dienone is 4. The predicted octanol–water partition coefficient (Wildman–Crippen LogP) is 1.64. The molecule has 0 fully saturated rings. The van der Waals surface area contributed by atoms with Crippen LogP contribution < -0.4 is 5.73 Å². The molecule has 52 valence electrons. The Morgan fingerprint density at radius 3 is 2.80 bits per heavy atom. The highest BCUT2D eigenvalue weighted by Crippen LogP contribution is 2.23. The molecule has 1 aliphatic carbocycles. The number of hydrogen-bond acceptors (Lipinski definition) is 2. The molecule has 0 atom stereocenters. The summed E-state index contributed by atoms with van der Waals surface area (Å²) in [6.45, 7) is 0. The van der Waals surface area contributed by atoms with E-state index in [4.69, 9.17) is 22.6 Å². The maximum Gasteiger partial charge on any atom is 0.0962 e. The standard InChI is InChI=1S/C7H7ClN2/c8-7-3-6(10)2-1-5(7)4-9/h3H,1-2,10H2. The summed E-state index contributed by atoms with van der Waals surface area (Å²) in [6.07, 6.45) is 3.07. The minimum Gasteiger partial charge on any atom is -0.402 e. The number of halogens is 1. The first-order chi connectivity index (χ1) is 4.74. The Kier molecular flexibility index (Phi) is 1.98. The van der Waals surface area contributed by atoms with Crippen molar-refractivity contribution >= 4 is 11.6 Å². The van der Waals surface area contributed by atoms with E-state index < -0.39 is 0 Å². The van der Waals surface area contributed by atoms with Crippen LogP contribution in [0.3, 0.4) is 0 Å². The maximum atomic E-state index is 8.49. The summed E-state index contributed by atoms with van der Waals surface area (Å²) in [6, 6.07) is 2.02. The van der Waals surface area contributed by atoms with Crippen LogP contribution >= 0.6 is 11.6 Å². The molecule has 2 nitrogen and oxygen atoms in total. The molecule has 2 N–H and O–H groups in total. The lowest BCUT2D eigenvalue weighted by molar-refractivity contribution is 0.911. The van der Waals surface area contributed by atoms with Crippen molar-refractivity contribution in [2.24, 2.45) is 5.73 Å². The van der Waals surface area contributed by atoms with E-state index in [0.29, 0.717) is 17.0 Å². The molecule has 3 heteroatoms. The molecule has 0 saturated carbocycles. The van der Waals surface area contributed by atoms with E-state index in [2.05, 4.69) is 0 Å². The molecule has 0 heterocycles. The van der Waals surface area contributed by atoms with Crippen molar-refractivity contribution in [3.8, 4) is 6.07 Å². The van der Waals surface area contributed by atoms with Gasteiger partial charge in [-0.1, -0.05) is 11.6 Å². The molecule has 0 aromatic rings. The van der Waals surface area contributed by atoms with Crippen LogP contribution in [-0.2, 0) is 0 Å². The molecule has 0 bridgehead atoms. The molecule has 0 spiro atoms. The van der Waals surface area contributed by atoms with Gasteiger partial charge in [-0.15, -0.1) is 0 Å². The molecule has 1 rings (SSSR count). The van der Waals surface area contributed by atoms with Crippen molar-refractivity contribution in [2.75, 3.05) is 0 Å². The first-order valence-corrected chi connectivity index (χ1v) is 3.36. The Morgan fingerprint density at radius 2 is 2.30 bits per heavy atom. The predicted molar refractivity (Wildman–Crippen MR) is 40.0 cm³/mol. The fourth-order valence-electron chi connectivity index (χ4n) is 0.820. The molecule has 0 saturated heterocycles. The van der Waals surface area contributed by atoms with Gasteiger partial charge < -0.3 is 5.73 Å². The topological polar surface area (TPSA) is 49.8 Å². The SMILES string of the molecule is N#CC1=C(Cl)C=C(N)CC1. The largest absolute Gasteiger partial charge is 0.402 e. The second-order valence-corrected chi connectivity index (χ2v) is 2.56. The third kappa shape index (κ3) is 1.31. The minimum atomic E-state index is 0.492. The fraction of sp³-hybridized carbons (Fsp3) is 0.286. The molecule has 0 unspecified atom stereocenters. The van der Waals surface area contributed by atoms with E-state index in [1.165, 1.54) is 0 Å². The zero-order valence-corrected chi connectivity index (χ0v) is 6.15. The summed E-state index contributed by atoms with van der Waals surface area (Å²) < 4.78 is 0. The highest BCUT2D eigenvalue weighted by atomic mass is 35.5. The number of hydrogen-bond donors (Lipinski definition) is 1. The Bertz CT molecular complexity index is 245. The number of nitriles is 1. The highest BCUT2D eigenvalue weighted by Gasteiger charge is 2.08. The van der Waals surface area contributed by atoms with Crippen molar-refractivity contribution in [3.05, 3.63) is 22.4 Å². The third-order valence-corrected chi connectivity index (χ3v) is 1.74. The lowest BCUT2D eigenvalue weighted by atomic mass is 10.0. The van der Waals surface area contributed by atoms with Crippen LogP contribution in [0.2, 0.25) is 0 Å². The van der Waals surface area contributed by atoms with Crippen LogP contribution in [0.25, 0.3) is 0 Å². The van der Waals surface area contributed by atoms with Crippen LogP contribution in [0.1, 0.15) is 12.8 Å². The van der Waals surface area contributed by atoms with E-state index in [0.717, 1.165) is 12.1 Å². The van der Waals surface area contributed by atoms with Gasteiger partial charge in [-0.05, 0) is 18.9 Å². The quantitative estimate of drug-likeness (QED) is 0.577. The maximum absolute atomic E-state index is 8.49. The zero-order chi connectivity index (χ0) is 7.56. The summed E-state index contributed by atoms with van der Waals surface area (Å²) in [7, 11) is 0. The summed E-state index contributed by atoms with van der Waals surface area (Å²) in [5.41, 5.74) is 6.86. The fourth-order valence-corrected chi connectivity index (χ4v) is 1.10. The molecule has 0 amide bonds. The average Bonchev–Trinajstić information content (AvgIpc) is 1.88. The van der Waals surface area contributed by atoms with E-state index in [9.17, 15) is 0 Å². The van der Waals surface area contributed by atoms with Crippen molar-refractivity contribution in [1.82, 2.24) is 0 Å². The van der Waals surface area contributed by atoms with Gasteiger partial charge in [-0.25, -0.2) is 0 Å². The number of nitrogens with zero attached hydrogens (tertiary/aromatic N) is 1. The summed E-state index contributed by atoms with van der Waals surface area (Å²) in [5.74, 6) is 0. The Hall–Kier alpha value is -0.940. The van der Waals surface area contributed by atoms with Crippen LogP contribution in [-0.4, -0.2) is 0 Å². The second-order valence-electron chi connectivity index (χ2n) is 2.16. The van der Waals surface area contributed by atoms with Crippen LogP contribution in [0.5, 0.6) is 0 Å². The van der Waals surface area contributed by atoms with Gasteiger partial charge >= 0.3 is 0 Å². The molecule has 1 aliphatic rings. The van der Waals surface area contributed by atoms with E-state index >= 15 is 0 Å². The van der Waals surface area contributed by atoms with Gasteiger partial charge in [0.15, 0.2) is 0 Å². The van der Waals surface area contributed by atoms with E-state index in [1.807, 2.05) is 6.07 Å². The van der Waals surface area contributed by atoms with Crippen molar-refractivity contribution in [1.29, 1.82) is 5.26 Å². The van der Waals surface area contributed by atoms with Crippen molar-refractivity contribution < 1.29 is 0 Å². The molecule has 0 aromatic heterocycles. The highest BCUT2D eigenvalue weighted by molar-refractivity contribution is 6.32. The monoisotopic (exact) mass is 154 g/mol. The molecule has 10 heavy (non-hydrogen) atoms. The van der Waals surface area contributed by atoms with Gasteiger partial charge in [-0.2, -0.15) is 5.26 Å². The van der Waals surface area contributed by atoms with E-state index in [-0.39, 0.29) is 0 Å². The van der Waals surface area contributed by atoms with Gasteiger partial charge in [0.1, 0.15) is 0 Å². The first kappa shape index (κ1) is 7.17. The number of nitrogens with two attached hydrogens (primary N) is 1. The zero-order valence-electron chi connectivity index (χ0n) is 5.39. The summed E-state index contributed by atoms with van der Waals surface area (Å²) >= 11 is 5.68. The normalized spacial score (nSPS) is 18.2. The van der Waals surface area contributed by atoms with Gasteiger partial charge in [-0.3, -0.25) is 0 Å². The van der Waals surface area contributed by atoms with Crippen LogP contribution in [0.15, 0.2) is 22.4 Å². The smallest absolute Gasteiger partial charge is 0.0962 e. The second kappa shape index (κ2) is 2.76. The van der Waals surface area contributed by atoms with Gasteiger partial charge in [0.25, 0.3) is 0 Å². The van der Waals surface area contributed by atoms with Crippen LogP contribution in [0.4, 0.5) is 0 Å². The Morgan fingerprint density at radius 1 is 1.60 bits per heavy atom. The lowest BCUT2D eigenvalue weighted by Crippen LogP contribution is -2.02. The molecular formula is C7H7ClN2. The lowest BCUT2D eigenvalue weighted by Gasteiger charge is -2.07. The van der Waals surface area contributed by atoms with Gasteiger partial charge in [0, 0.05) is 11.3 Å². The molecular weight excluding hydrogens is 148 g/mol. The Labute approximate surface area is 64.6 Å². The van der Waals surface area contributed by atoms with Crippen molar-refractivity contribution in [2.45, 2.75) is 12.8 Å². The van der Waals surface area contributed by atoms with Gasteiger partial charge in [0.2, 0.25) is 0 Å². The molecule has 0 radical (unpaired) electrons. The summed E-state index contributed by atoms with van der Waals surface area (Å²) in [5, 5.41) is 8.98. The van der Waals surface area contributed by atoms with E-state index in [1.54, 1.807) is 6.08 Å². The molecule has 0 aromatic carbocycles. The van der Waals surface area contributed by atoms with Crippen LogP contribution in [0, 0.1) is 11.3 Å². The average molecular weight is 155 g/mol. The summed E-state index contributed by atoms with van der Waals surface area (Å²) in [4.78, 5) is 0. The number of rotatable bonds is 0. The van der Waals surface area contributed by atoms with Gasteiger partial charge in [0.05, 0.1) is 11.1 Å². The first-order valence-electron chi connectivity index (χ1n) is 2.99. The minimum absolute atomic E-state index is 0.492. The Balaban J connectivity index is 2.93. The van der Waals surface area contributed by atoms with Crippen molar-refractivity contribution in [3.63, 3.8) is 0 Å². The molecule has 0 aliphatic heterocycles.